The first-order valence-corrected chi connectivity index (χ1v) is 5.12. The second-order valence-electron chi connectivity index (χ2n) is 4.45. The fourth-order valence-electron chi connectivity index (χ4n) is 1.01. The number of ether oxygens (including phenoxy) is 1. The van der Waals surface area contributed by atoms with Crippen molar-refractivity contribution in [3.63, 3.8) is 0 Å². The molecule has 1 rings (SSSR count). The molecule has 0 aliphatic rings. The number of Topliss-reactive ketones (excluding diaryl/α,β-unsaturated/α-hetero) is 1. The van der Waals surface area contributed by atoms with Crippen LogP contribution in [-0.4, -0.2) is 27.4 Å². The molecule has 17 heavy (non-hydrogen) atoms. The van der Waals surface area contributed by atoms with Gasteiger partial charge in [0.2, 0.25) is 5.95 Å². The molecule has 1 aromatic rings. The van der Waals surface area contributed by atoms with Gasteiger partial charge in [-0.25, -0.2) is 14.8 Å². The molecule has 0 spiro atoms. The van der Waals surface area contributed by atoms with E-state index >= 15 is 0 Å². The van der Waals surface area contributed by atoms with Crippen molar-refractivity contribution >= 4 is 17.8 Å². The second kappa shape index (κ2) is 4.90. The summed E-state index contributed by atoms with van der Waals surface area (Å²) in [5, 5.41) is 2.36. The summed E-state index contributed by atoms with van der Waals surface area (Å²) in [6.45, 7) is 6.64. The lowest BCUT2D eigenvalue weighted by Crippen LogP contribution is -2.28. The van der Waals surface area contributed by atoms with Crippen LogP contribution in [0.2, 0.25) is 0 Å². The number of aromatic nitrogens is 2. The number of ketones is 1. The third-order valence-corrected chi connectivity index (χ3v) is 1.63. The van der Waals surface area contributed by atoms with Gasteiger partial charge < -0.3 is 4.74 Å². The first kappa shape index (κ1) is 13.1. The predicted molar refractivity (Wildman–Crippen MR) is 61.9 cm³/mol. The van der Waals surface area contributed by atoms with Gasteiger partial charge in [-0.3, -0.25) is 10.1 Å². The highest BCUT2D eigenvalue weighted by atomic mass is 16.6. The standard InChI is InChI=1S/C11H15N3O3/c1-7(15)8-5-6-12-9(13-8)14-10(16)17-11(2,3)4/h5-6H,1-4H3,(H,12,13,14,16). The fourth-order valence-corrected chi connectivity index (χ4v) is 1.01. The Morgan fingerprint density at radius 3 is 2.53 bits per heavy atom. The predicted octanol–water partition coefficient (Wildman–Crippen LogP) is 2.03. The number of amides is 1. The van der Waals surface area contributed by atoms with E-state index in [2.05, 4.69) is 15.3 Å². The molecule has 92 valence electrons. The average molecular weight is 237 g/mol. The van der Waals surface area contributed by atoms with E-state index < -0.39 is 11.7 Å². The SMILES string of the molecule is CC(=O)c1ccnc(NC(=O)OC(C)(C)C)n1. The Bertz CT molecular complexity index is 438. The Labute approximate surface area is 99.4 Å². The number of carbonyl (C=O) groups excluding carboxylic acids is 2. The molecule has 6 nitrogen and oxygen atoms in total. The zero-order valence-electron chi connectivity index (χ0n) is 10.3. The molecule has 6 heteroatoms. The van der Waals surface area contributed by atoms with Gasteiger partial charge >= 0.3 is 6.09 Å². The maximum Gasteiger partial charge on any atom is 0.414 e. The van der Waals surface area contributed by atoms with Crippen molar-refractivity contribution in [1.29, 1.82) is 0 Å². The molecule has 0 saturated carbocycles. The molecule has 1 heterocycles. The molecular weight excluding hydrogens is 222 g/mol. The smallest absolute Gasteiger partial charge is 0.414 e. The van der Waals surface area contributed by atoms with Gasteiger partial charge in [-0.15, -0.1) is 0 Å². The van der Waals surface area contributed by atoms with Gasteiger partial charge in [0.25, 0.3) is 0 Å². The minimum atomic E-state index is -0.654. The van der Waals surface area contributed by atoms with Gasteiger partial charge in [0.05, 0.1) is 0 Å². The van der Waals surface area contributed by atoms with Crippen LogP contribution in [0.1, 0.15) is 38.2 Å². The van der Waals surface area contributed by atoms with E-state index in [0.29, 0.717) is 0 Å². The quantitative estimate of drug-likeness (QED) is 0.796. The summed E-state index contributed by atoms with van der Waals surface area (Å²) in [5.41, 5.74) is -0.353. The first-order valence-electron chi connectivity index (χ1n) is 5.12. The first-order chi connectivity index (χ1) is 7.78. The second-order valence-corrected chi connectivity index (χ2v) is 4.45. The maximum atomic E-state index is 11.4. The zero-order chi connectivity index (χ0) is 13.1. The Morgan fingerprint density at radius 1 is 1.35 bits per heavy atom. The van der Waals surface area contributed by atoms with E-state index in [1.807, 2.05) is 0 Å². The molecule has 0 aliphatic carbocycles. The molecule has 1 N–H and O–H groups in total. The molecule has 0 aliphatic heterocycles. The largest absolute Gasteiger partial charge is 0.444 e. The molecule has 0 bridgehead atoms. The lowest BCUT2D eigenvalue weighted by atomic mass is 10.2. The molecule has 1 amide bonds. The summed E-state index contributed by atoms with van der Waals surface area (Å²) in [5.74, 6) is -0.147. The molecule has 0 radical (unpaired) electrons. The van der Waals surface area contributed by atoms with Crippen LogP contribution in [-0.2, 0) is 4.74 Å². The van der Waals surface area contributed by atoms with Crippen molar-refractivity contribution in [2.24, 2.45) is 0 Å². The third kappa shape index (κ3) is 4.58. The van der Waals surface area contributed by atoms with Crippen molar-refractivity contribution in [2.45, 2.75) is 33.3 Å². The number of carbonyl (C=O) groups is 2. The normalized spacial score (nSPS) is 10.8. The van der Waals surface area contributed by atoms with Crippen LogP contribution in [0.15, 0.2) is 12.3 Å². The lowest BCUT2D eigenvalue weighted by Gasteiger charge is -2.19. The van der Waals surface area contributed by atoms with Gasteiger partial charge in [0.1, 0.15) is 11.3 Å². The van der Waals surface area contributed by atoms with Gasteiger partial charge in [-0.05, 0) is 26.8 Å². The highest BCUT2D eigenvalue weighted by molar-refractivity contribution is 5.92. The summed E-state index contributed by atoms with van der Waals surface area (Å²) < 4.78 is 5.03. The van der Waals surface area contributed by atoms with E-state index in [4.69, 9.17) is 4.74 Å². The Morgan fingerprint density at radius 2 is 2.00 bits per heavy atom. The van der Waals surface area contributed by atoms with E-state index in [1.165, 1.54) is 19.2 Å². The van der Waals surface area contributed by atoms with Crippen LogP contribution in [0.3, 0.4) is 0 Å². The number of nitrogens with one attached hydrogen (secondary N) is 1. The van der Waals surface area contributed by atoms with E-state index in [-0.39, 0.29) is 17.4 Å². The monoisotopic (exact) mass is 237 g/mol. The van der Waals surface area contributed by atoms with Gasteiger partial charge in [-0.2, -0.15) is 0 Å². The number of anilines is 1. The van der Waals surface area contributed by atoms with Crippen molar-refractivity contribution in [3.05, 3.63) is 18.0 Å². The third-order valence-electron chi connectivity index (χ3n) is 1.63. The van der Waals surface area contributed by atoms with E-state index in [0.717, 1.165) is 0 Å². The van der Waals surface area contributed by atoms with Crippen molar-refractivity contribution in [3.8, 4) is 0 Å². The summed E-state index contributed by atoms with van der Waals surface area (Å²) >= 11 is 0. The van der Waals surface area contributed by atoms with Crippen LogP contribution in [0, 0.1) is 0 Å². The Balaban J connectivity index is 2.72. The zero-order valence-corrected chi connectivity index (χ0v) is 10.3. The minimum absolute atomic E-state index is 0.0481. The average Bonchev–Trinajstić information content (AvgIpc) is 2.14. The van der Waals surface area contributed by atoms with E-state index in [1.54, 1.807) is 20.8 Å². The highest BCUT2D eigenvalue weighted by Crippen LogP contribution is 2.09. The minimum Gasteiger partial charge on any atom is -0.444 e. The molecule has 0 unspecified atom stereocenters. The van der Waals surface area contributed by atoms with Gasteiger partial charge in [0, 0.05) is 13.1 Å². The van der Waals surface area contributed by atoms with Crippen LogP contribution < -0.4 is 5.32 Å². The lowest BCUT2D eigenvalue weighted by molar-refractivity contribution is 0.0634. The molecule has 0 atom stereocenters. The summed E-state index contributed by atoms with van der Waals surface area (Å²) in [4.78, 5) is 30.2. The van der Waals surface area contributed by atoms with Crippen molar-refractivity contribution < 1.29 is 14.3 Å². The van der Waals surface area contributed by atoms with Gasteiger partial charge in [0.15, 0.2) is 5.78 Å². The number of hydrogen-bond acceptors (Lipinski definition) is 5. The fraction of sp³-hybridized carbons (Fsp3) is 0.455. The van der Waals surface area contributed by atoms with Crippen LogP contribution in [0.4, 0.5) is 10.7 Å². The van der Waals surface area contributed by atoms with Crippen LogP contribution in [0.25, 0.3) is 0 Å². The maximum absolute atomic E-state index is 11.4. The van der Waals surface area contributed by atoms with Crippen molar-refractivity contribution in [1.82, 2.24) is 9.97 Å². The van der Waals surface area contributed by atoms with Crippen LogP contribution >= 0.6 is 0 Å². The summed E-state index contributed by atoms with van der Waals surface area (Å²) in [6.07, 6.45) is 0.745. The molecule has 1 aromatic heterocycles. The van der Waals surface area contributed by atoms with E-state index in [9.17, 15) is 9.59 Å². The molecule has 0 fully saturated rings. The number of rotatable bonds is 2. The molecule has 0 saturated heterocycles. The Kier molecular flexibility index (Phi) is 3.77. The topological polar surface area (TPSA) is 81.2 Å². The number of nitrogens with zero attached hydrogens (tertiary/aromatic N) is 2. The highest BCUT2D eigenvalue weighted by Gasteiger charge is 2.17. The van der Waals surface area contributed by atoms with Crippen molar-refractivity contribution in [2.75, 3.05) is 5.32 Å². The summed E-state index contributed by atoms with van der Waals surface area (Å²) in [7, 11) is 0. The molecule has 0 aromatic carbocycles. The number of hydrogen-bond donors (Lipinski definition) is 1. The summed E-state index contributed by atoms with van der Waals surface area (Å²) in [6, 6.07) is 1.47. The Hall–Kier alpha value is -1.98. The van der Waals surface area contributed by atoms with Crippen LogP contribution in [0.5, 0.6) is 0 Å². The molecular formula is C11H15N3O3. The van der Waals surface area contributed by atoms with Gasteiger partial charge in [-0.1, -0.05) is 0 Å².